The molecule has 0 radical (unpaired) electrons. The number of aliphatic hydroxyl groups is 1. The second-order valence-electron chi connectivity index (χ2n) is 3.14. The first-order chi connectivity index (χ1) is 6.65. The van der Waals surface area contributed by atoms with Crippen molar-refractivity contribution in [2.24, 2.45) is 5.73 Å². The molecule has 0 amide bonds. The average molecular weight is 234 g/mol. The van der Waals surface area contributed by atoms with Gasteiger partial charge in [-0.3, -0.25) is 0 Å². The van der Waals surface area contributed by atoms with Crippen LogP contribution in [0.2, 0.25) is 10.0 Å². The SMILES string of the molecule is N[C@H](CCCO)c1cc(Cl)ccc1Cl. The summed E-state index contributed by atoms with van der Waals surface area (Å²) in [7, 11) is 0. The number of nitrogens with two attached hydrogens (primary N) is 1. The van der Waals surface area contributed by atoms with E-state index in [0.717, 1.165) is 5.56 Å². The minimum atomic E-state index is -0.159. The summed E-state index contributed by atoms with van der Waals surface area (Å²) in [5.41, 5.74) is 6.74. The molecule has 0 heterocycles. The molecule has 2 nitrogen and oxygen atoms in total. The van der Waals surface area contributed by atoms with Gasteiger partial charge in [0.25, 0.3) is 0 Å². The zero-order valence-electron chi connectivity index (χ0n) is 7.71. The van der Waals surface area contributed by atoms with Crippen molar-refractivity contribution in [3.63, 3.8) is 0 Å². The van der Waals surface area contributed by atoms with E-state index < -0.39 is 0 Å². The predicted molar refractivity (Wildman–Crippen MR) is 59.7 cm³/mol. The fourth-order valence-electron chi connectivity index (χ4n) is 1.27. The van der Waals surface area contributed by atoms with Crippen LogP contribution in [-0.4, -0.2) is 11.7 Å². The summed E-state index contributed by atoms with van der Waals surface area (Å²) in [5, 5.41) is 9.92. The van der Waals surface area contributed by atoms with Crippen LogP contribution >= 0.6 is 23.2 Å². The smallest absolute Gasteiger partial charge is 0.0454 e. The van der Waals surface area contributed by atoms with E-state index in [1.165, 1.54) is 0 Å². The molecule has 0 unspecified atom stereocenters. The Hall–Kier alpha value is -0.280. The molecular weight excluding hydrogens is 221 g/mol. The second-order valence-corrected chi connectivity index (χ2v) is 3.98. The molecule has 0 aliphatic heterocycles. The lowest BCUT2D eigenvalue weighted by molar-refractivity contribution is 0.280. The summed E-state index contributed by atoms with van der Waals surface area (Å²) >= 11 is 11.8. The van der Waals surface area contributed by atoms with E-state index in [4.69, 9.17) is 34.0 Å². The molecule has 0 saturated heterocycles. The molecule has 1 aromatic carbocycles. The zero-order chi connectivity index (χ0) is 10.6. The van der Waals surface area contributed by atoms with Crippen LogP contribution in [0.5, 0.6) is 0 Å². The number of aliphatic hydroxyl groups excluding tert-OH is 1. The van der Waals surface area contributed by atoms with Crippen LogP contribution in [0.4, 0.5) is 0 Å². The molecule has 0 aliphatic carbocycles. The van der Waals surface area contributed by atoms with Gasteiger partial charge in [-0.25, -0.2) is 0 Å². The van der Waals surface area contributed by atoms with Gasteiger partial charge >= 0.3 is 0 Å². The van der Waals surface area contributed by atoms with Gasteiger partial charge in [0.1, 0.15) is 0 Å². The second kappa shape index (κ2) is 5.56. The van der Waals surface area contributed by atoms with Crippen molar-refractivity contribution in [2.75, 3.05) is 6.61 Å². The van der Waals surface area contributed by atoms with E-state index in [1.54, 1.807) is 18.2 Å². The summed E-state index contributed by atoms with van der Waals surface area (Å²) in [6, 6.07) is 5.07. The van der Waals surface area contributed by atoms with Gasteiger partial charge < -0.3 is 10.8 Å². The van der Waals surface area contributed by atoms with Gasteiger partial charge in [-0.2, -0.15) is 0 Å². The van der Waals surface area contributed by atoms with Crippen molar-refractivity contribution in [1.82, 2.24) is 0 Å². The van der Waals surface area contributed by atoms with Crippen LogP contribution in [0.3, 0.4) is 0 Å². The van der Waals surface area contributed by atoms with Gasteiger partial charge in [0.2, 0.25) is 0 Å². The molecule has 1 aromatic rings. The maximum Gasteiger partial charge on any atom is 0.0454 e. The Kier molecular flexibility index (Phi) is 4.69. The molecule has 3 N–H and O–H groups in total. The first-order valence-electron chi connectivity index (χ1n) is 4.46. The Morgan fingerprint density at radius 3 is 2.71 bits per heavy atom. The average Bonchev–Trinajstić information content (AvgIpc) is 2.18. The Morgan fingerprint density at radius 1 is 1.36 bits per heavy atom. The van der Waals surface area contributed by atoms with Gasteiger partial charge in [-0.05, 0) is 36.6 Å². The number of rotatable bonds is 4. The predicted octanol–water partition coefficient (Wildman–Crippen LogP) is 2.77. The maximum atomic E-state index is 8.67. The highest BCUT2D eigenvalue weighted by Gasteiger charge is 2.10. The van der Waals surface area contributed by atoms with Crippen LogP contribution in [0.25, 0.3) is 0 Å². The Balaban J connectivity index is 2.77. The van der Waals surface area contributed by atoms with E-state index >= 15 is 0 Å². The van der Waals surface area contributed by atoms with Gasteiger partial charge in [-0.1, -0.05) is 23.2 Å². The minimum Gasteiger partial charge on any atom is -0.396 e. The van der Waals surface area contributed by atoms with E-state index in [1.807, 2.05) is 0 Å². The van der Waals surface area contributed by atoms with Crippen molar-refractivity contribution in [3.05, 3.63) is 33.8 Å². The monoisotopic (exact) mass is 233 g/mol. The van der Waals surface area contributed by atoms with E-state index in [2.05, 4.69) is 0 Å². The first kappa shape index (κ1) is 11.8. The molecule has 14 heavy (non-hydrogen) atoms. The zero-order valence-corrected chi connectivity index (χ0v) is 9.22. The van der Waals surface area contributed by atoms with Crippen LogP contribution in [-0.2, 0) is 0 Å². The Labute approximate surface area is 93.6 Å². The van der Waals surface area contributed by atoms with Crippen molar-refractivity contribution < 1.29 is 5.11 Å². The molecular formula is C10H13Cl2NO. The fourth-order valence-corrected chi connectivity index (χ4v) is 1.70. The van der Waals surface area contributed by atoms with Crippen molar-refractivity contribution in [3.8, 4) is 0 Å². The third kappa shape index (κ3) is 3.14. The largest absolute Gasteiger partial charge is 0.396 e. The van der Waals surface area contributed by atoms with Gasteiger partial charge in [0.15, 0.2) is 0 Å². The molecule has 0 fully saturated rings. The van der Waals surface area contributed by atoms with Crippen molar-refractivity contribution >= 4 is 23.2 Å². The quantitative estimate of drug-likeness (QED) is 0.841. The molecule has 0 aromatic heterocycles. The van der Waals surface area contributed by atoms with Crippen molar-refractivity contribution in [2.45, 2.75) is 18.9 Å². The highest BCUT2D eigenvalue weighted by molar-refractivity contribution is 6.33. The lowest BCUT2D eigenvalue weighted by atomic mass is 10.0. The van der Waals surface area contributed by atoms with Gasteiger partial charge in [0, 0.05) is 22.7 Å². The summed E-state index contributed by atoms with van der Waals surface area (Å²) in [4.78, 5) is 0. The van der Waals surface area contributed by atoms with Crippen LogP contribution in [0.1, 0.15) is 24.4 Å². The summed E-state index contributed by atoms with van der Waals surface area (Å²) in [5.74, 6) is 0. The van der Waals surface area contributed by atoms with E-state index in [9.17, 15) is 0 Å². The van der Waals surface area contributed by atoms with Crippen LogP contribution < -0.4 is 5.73 Å². The maximum absolute atomic E-state index is 8.67. The molecule has 0 spiro atoms. The molecule has 0 saturated carbocycles. The van der Waals surface area contributed by atoms with Crippen LogP contribution in [0, 0.1) is 0 Å². The Morgan fingerprint density at radius 2 is 2.07 bits per heavy atom. The number of hydrogen-bond donors (Lipinski definition) is 2. The molecule has 1 rings (SSSR count). The first-order valence-corrected chi connectivity index (χ1v) is 5.22. The summed E-state index contributed by atoms with van der Waals surface area (Å²) in [6.07, 6.45) is 1.38. The third-order valence-corrected chi connectivity index (χ3v) is 2.61. The van der Waals surface area contributed by atoms with E-state index in [-0.39, 0.29) is 12.6 Å². The topological polar surface area (TPSA) is 46.2 Å². The van der Waals surface area contributed by atoms with E-state index in [0.29, 0.717) is 22.9 Å². The molecule has 0 bridgehead atoms. The lowest BCUT2D eigenvalue weighted by Gasteiger charge is -2.13. The molecule has 78 valence electrons. The molecule has 0 aliphatic rings. The summed E-state index contributed by atoms with van der Waals surface area (Å²) < 4.78 is 0. The number of benzene rings is 1. The lowest BCUT2D eigenvalue weighted by Crippen LogP contribution is -2.11. The van der Waals surface area contributed by atoms with Gasteiger partial charge in [-0.15, -0.1) is 0 Å². The third-order valence-electron chi connectivity index (χ3n) is 2.03. The molecule has 4 heteroatoms. The fraction of sp³-hybridized carbons (Fsp3) is 0.400. The molecule has 1 atom stereocenters. The summed E-state index contributed by atoms with van der Waals surface area (Å²) in [6.45, 7) is 0.145. The number of hydrogen-bond acceptors (Lipinski definition) is 2. The van der Waals surface area contributed by atoms with Crippen molar-refractivity contribution in [1.29, 1.82) is 0 Å². The Bertz CT molecular complexity index is 304. The normalized spacial score (nSPS) is 12.9. The van der Waals surface area contributed by atoms with Crippen LogP contribution in [0.15, 0.2) is 18.2 Å². The van der Waals surface area contributed by atoms with Gasteiger partial charge in [0.05, 0.1) is 0 Å². The highest BCUT2D eigenvalue weighted by atomic mass is 35.5. The minimum absolute atomic E-state index is 0.145. The number of halogens is 2. The standard InChI is InChI=1S/C10H13Cl2NO/c11-7-3-4-9(12)8(6-7)10(13)2-1-5-14/h3-4,6,10,14H,1-2,5,13H2/t10-/m1/s1. The highest BCUT2D eigenvalue weighted by Crippen LogP contribution is 2.27.